The summed E-state index contributed by atoms with van der Waals surface area (Å²) < 4.78 is 0. The molecule has 2 aromatic carbocycles. The first-order valence-corrected chi connectivity index (χ1v) is 6.73. The standard InChI is InChI=1S/C14H14Si/c1-3-7-13(8-4-1)11-12-15-14-9-5-2-6-10-14/h1-12H,15H2/b12-11+. The van der Waals surface area contributed by atoms with Gasteiger partial charge in [0, 0.05) is 0 Å². The van der Waals surface area contributed by atoms with Crippen LogP contribution in [0.25, 0.3) is 6.08 Å². The van der Waals surface area contributed by atoms with Gasteiger partial charge < -0.3 is 0 Å². The number of hydrogen-bond donors (Lipinski definition) is 0. The van der Waals surface area contributed by atoms with Crippen molar-refractivity contribution in [3.05, 3.63) is 71.9 Å². The zero-order valence-corrected chi connectivity index (χ0v) is 10.0. The van der Waals surface area contributed by atoms with Gasteiger partial charge in [0.1, 0.15) is 0 Å². The summed E-state index contributed by atoms with van der Waals surface area (Å²) in [6.45, 7) is 0. The molecule has 0 amide bonds. The van der Waals surface area contributed by atoms with Crippen molar-refractivity contribution in [2.24, 2.45) is 0 Å². The fraction of sp³-hybridized carbons (Fsp3) is 0. The van der Waals surface area contributed by atoms with Gasteiger partial charge in [0.15, 0.2) is 0 Å². The van der Waals surface area contributed by atoms with E-state index in [4.69, 9.17) is 0 Å². The molecule has 0 saturated carbocycles. The average molecular weight is 210 g/mol. The Kier molecular flexibility index (Phi) is 3.52. The molecule has 0 nitrogen and oxygen atoms in total. The van der Waals surface area contributed by atoms with Gasteiger partial charge in [-0.25, -0.2) is 0 Å². The number of rotatable bonds is 3. The van der Waals surface area contributed by atoms with Crippen molar-refractivity contribution in [2.45, 2.75) is 0 Å². The van der Waals surface area contributed by atoms with E-state index in [1.54, 1.807) is 0 Å². The van der Waals surface area contributed by atoms with E-state index in [-0.39, 0.29) is 9.52 Å². The molecule has 0 N–H and O–H groups in total. The van der Waals surface area contributed by atoms with Crippen molar-refractivity contribution in [1.29, 1.82) is 0 Å². The van der Waals surface area contributed by atoms with Gasteiger partial charge in [-0.15, -0.1) is 0 Å². The molecule has 0 bridgehead atoms. The Bertz CT molecular complexity index is 418. The van der Waals surface area contributed by atoms with Crippen LogP contribution in [0.15, 0.2) is 66.4 Å². The van der Waals surface area contributed by atoms with Gasteiger partial charge in [-0.3, -0.25) is 0 Å². The van der Waals surface area contributed by atoms with E-state index in [0.717, 1.165) is 0 Å². The van der Waals surface area contributed by atoms with Crippen LogP contribution in [0.3, 0.4) is 0 Å². The lowest BCUT2D eigenvalue weighted by Gasteiger charge is -1.94. The first kappa shape index (κ1) is 9.93. The second kappa shape index (κ2) is 5.32. The second-order valence-electron chi connectivity index (χ2n) is 3.50. The zero-order valence-electron chi connectivity index (χ0n) is 8.64. The van der Waals surface area contributed by atoms with Crippen molar-refractivity contribution in [2.75, 3.05) is 0 Å². The zero-order chi connectivity index (χ0) is 10.3. The average Bonchev–Trinajstić information content (AvgIpc) is 2.32. The van der Waals surface area contributed by atoms with Crippen LogP contribution >= 0.6 is 0 Å². The first-order valence-electron chi connectivity index (χ1n) is 5.21. The monoisotopic (exact) mass is 210 g/mol. The molecule has 2 aromatic rings. The van der Waals surface area contributed by atoms with E-state index < -0.39 is 0 Å². The molecule has 74 valence electrons. The second-order valence-corrected chi connectivity index (χ2v) is 5.20. The molecule has 0 saturated heterocycles. The molecule has 0 aliphatic carbocycles. The van der Waals surface area contributed by atoms with Crippen LogP contribution in [0.1, 0.15) is 5.56 Å². The minimum atomic E-state index is -0.236. The summed E-state index contributed by atoms with van der Waals surface area (Å²) in [5, 5.41) is 1.49. The molecule has 15 heavy (non-hydrogen) atoms. The van der Waals surface area contributed by atoms with Crippen LogP contribution in [-0.4, -0.2) is 9.52 Å². The largest absolute Gasteiger partial charge is 0.0956 e. The molecule has 0 aromatic heterocycles. The molecule has 1 heteroatoms. The van der Waals surface area contributed by atoms with E-state index in [9.17, 15) is 0 Å². The fourth-order valence-electron chi connectivity index (χ4n) is 1.51. The van der Waals surface area contributed by atoms with Crippen molar-refractivity contribution >= 4 is 20.8 Å². The van der Waals surface area contributed by atoms with Crippen LogP contribution < -0.4 is 5.19 Å². The fourth-order valence-corrected chi connectivity index (χ4v) is 2.72. The third-order valence-electron chi connectivity index (χ3n) is 2.31. The number of hydrogen-bond acceptors (Lipinski definition) is 0. The lowest BCUT2D eigenvalue weighted by Crippen LogP contribution is -2.09. The van der Waals surface area contributed by atoms with Crippen LogP contribution in [0.2, 0.25) is 0 Å². The Balaban J connectivity index is 1.97. The molecule has 2 rings (SSSR count). The summed E-state index contributed by atoms with van der Waals surface area (Å²) in [4.78, 5) is 0. The van der Waals surface area contributed by atoms with E-state index in [1.165, 1.54) is 10.8 Å². The molecule has 0 aliphatic heterocycles. The Labute approximate surface area is 93.1 Å². The van der Waals surface area contributed by atoms with E-state index >= 15 is 0 Å². The maximum absolute atomic E-state index is 2.34. The topological polar surface area (TPSA) is 0 Å². The third-order valence-corrected chi connectivity index (χ3v) is 3.72. The van der Waals surface area contributed by atoms with Gasteiger partial charge in [0.25, 0.3) is 0 Å². The van der Waals surface area contributed by atoms with Gasteiger partial charge in [-0.2, -0.15) is 0 Å². The molecule has 0 radical (unpaired) electrons. The van der Waals surface area contributed by atoms with Gasteiger partial charge in [0.05, 0.1) is 9.52 Å². The predicted octanol–water partition coefficient (Wildman–Crippen LogP) is 2.15. The highest BCUT2D eigenvalue weighted by molar-refractivity contribution is 6.59. The van der Waals surface area contributed by atoms with Crippen molar-refractivity contribution < 1.29 is 0 Å². The maximum atomic E-state index is 2.34. The summed E-state index contributed by atoms with van der Waals surface area (Å²) in [6.07, 6.45) is 2.22. The van der Waals surface area contributed by atoms with Crippen LogP contribution in [-0.2, 0) is 0 Å². The first-order chi connectivity index (χ1) is 7.45. The molecule has 0 fully saturated rings. The van der Waals surface area contributed by atoms with Crippen molar-refractivity contribution in [1.82, 2.24) is 0 Å². The van der Waals surface area contributed by atoms with Crippen molar-refractivity contribution in [3.63, 3.8) is 0 Å². The van der Waals surface area contributed by atoms with Crippen LogP contribution in [0, 0.1) is 0 Å². The van der Waals surface area contributed by atoms with Crippen LogP contribution in [0.5, 0.6) is 0 Å². The lowest BCUT2D eigenvalue weighted by atomic mass is 10.2. The number of benzene rings is 2. The Morgan fingerprint density at radius 1 is 0.733 bits per heavy atom. The highest BCUT2D eigenvalue weighted by Gasteiger charge is 1.87. The Morgan fingerprint density at radius 3 is 2.00 bits per heavy atom. The van der Waals surface area contributed by atoms with E-state index in [0.29, 0.717) is 0 Å². The van der Waals surface area contributed by atoms with Gasteiger partial charge >= 0.3 is 0 Å². The Hall–Kier alpha value is -1.60. The lowest BCUT2D eigenvalue weighted by molar-refractivity contribution is 1.66. The normalized spacial score (nSPS) is 11.5. The van der Waals surface area contributed by atoms with E-state index in [1.807, 2.05) is 6.07 Å². The summed E-state index contributed by atoms with van der Waals surface area (Å²) in [7, 11) is -0.236. The molecular formula is C14H14Si. The summed E-state index contributed by atoms with van der Waals surface area (Å²) in [6, 6.07) is 21.2. The summed E-state index contributed by atoms with van der Waals surface area (Å²) in [5.41, 5.74) is 3.63. The highest BCUT2D eigenvalue weighted by atomic mass is 28.2. The Morgan fingerprint density at radius 2 is 1.33 bits per heavy atom. The van der Waals surface area contributed by atoms with Crippen molar-refractivity contribution in [3.8, 4) is 0 Å². The SMILES string of the molecule is C(=C\c1ccccc1)/[SiH2]c1ccccc1. The maximum Gasteiger partial charge on any atom is 0.0783 e. The smallest absolute Gasteiger partial charge is 0.0783 e. The molecule has 0 spiro atoms. The predicted molar refractivity (Wildman–Crippen MR) is 70.1 cm³/mol. The molecule has 0 unspecified atom stereocenters. The molecule has 0 atom stereocenters. The quantitative estimate of drug-likeness (QED) is 0.681. The minimum absolute atomic E-state index is 0.236. The summed E-state index contributed by atoms with van der Waals surface area (Å²) in [5.74, 6) is 0. The van der Waals surface area contributed by atoms with Gasteiger partial charge in [0.2, 0.25) is 0 Å². The van der Waals surface area contributed by atoms with Gasteiger partial charge in [-0.05, 0) is 5.56 Å². The highest BCUT2D eigenvalue weighted by Crippen LogP contribution is 1.99. The van der Waals surface area contributed by atoms with Crippen LogP contribution in [0.4, 0.5) is 0 Å². The molecule has 0 aliphatic rings. The van der Waals surface area contributed by atoms with Gasteiger partial charge in [-0.1, -0.05) is 77.6 Å². The minimum Gasteiger partial charge on any atom is -0.0956 e. The summed E-state index contributed by atoms with van der Waals surface area (Å²) >= 11 is 0. The molecular weight excluding hydrogens is 196 g/mol. The van der Waals surface area contributed by atoms with E-state index in [2.05, 4.69) is 66.4 Å². The molecule has 0 heterocycles. The third kappa shape index (κ3) is 3.22.